The molecule has 432 valence electrons. The second-order valence-corrected chi connectivity index (χ2v) is 22.7. The Morgan fingerprint density at radius 2 is 0.877 bits per heavy atom. The summed E-state index contributed by atoms with van der Waals surface area (Å²) < 4.78 is 47.9. The Bertz CT molecular complexity index is 1380. The molecule has 1 aliphatic rings. The predicted molar refractivity (Wildman–Crippen MR) is 301 cm³/mol. The fourth-order valence-corrected chi connectivity index (χ4v) is 10.5. The molecule has 0 aromatic heterocycles. The van der Waals surface area contributed by atoms with Crippen LogP contribution < -0.4 is 5.32 Å². The van der Waals surface area contributed by atoms with E-state index in [1.165, 1.54) is 231 Å². The summed E-state index contributed by atoms with van der Waals surface area (Å²) in [6, 6.07) is -0.945. The number of amides is 1. The van der Waals surface area contributed by atoms with Crippen molar-refractivity contribution in [1.29, 1.82) is 0 Å². The van der Waals surface area contributed by atoms with E-state index in [0.29, 0.717) is 6.42 Å². The number of hydrogen-bond donors (Lipinski definition) is 6. The van der Waals surface area contributed by atoms with E-state index in [2.05, 4.69) is 35.5 Å². The monoisotopic (exact) mass is 1060 g/mol. The van der Waals surface area contributed by atoms with Crippen LogP contribution in [0.3, 0.4) is 0 Å². The average molecular weight is 1060 g/mol. The first-order valence-corrected chi connectivity index (χ1v) is 32.1. The number of carbonyl (C=O) groups excluding carboxylic acids is 1. The molecule has 13 heteroatoms. The first kappa shape index (κ1) is 69.6. The van der Waals surface area contributed by atoms with Gasteiger partial charge in [-0.2, -0.15) is 8.42 Å². The lowest BCUT2D eigenvalue weighted by Gasteiger charge is -2.41. The minimum atomic E-state index is -5.09. The highest BCUT2D eigenvalue weighted by Gasteiger charge is 2.48. The maximum atomic E-state index is 13.2. The molecular weight excluding hydrogens is 943 g/mol. The molecule has 0 aromatic carbocycles. The third-order valence-electron chi connectivity index (χ3n) is 14.7. The van der Waals surface area contributed by atoms with Crippen molar-refractivity contribution in [2.45, 2.75) is 339 Å². The summed E-state index contributed by atoms with van der Waals surface area (Å²) in [6.07, 6.45) is 53.7. The molecule has 73 heavy (non-hydrogen) atoms. The summed E-state index contributed by atoms with van der Waals surface area (Å²) in [5.74, 6) is -0.260. The molecule has 0 aromatic rings. The Labute approximate surface area is 448 Å². The zero-order valence-corrected chi connectivity index (χ0v) is 47.8. The van der Waals surface area contributed by atoms with Crippen molar-refractivity contribution >= 4 is 16.3 Å². The third-order valence-corrected chi connectivity index (χ3v) is 15.2. The number of ether oxygens (including phenoxy) is 2. The molecule has 0 spiro atoms. The normalized spacial score (nSPS) is 19.4. The minimum absolute atomic E-state index is 0.260. The second kappa shape index (κ2) is 50.1. The van der Waals surface area contributed by atoms with E-state index in [4.69, 9.17) is 9.47 Å². The summed E-state index contributed by atoms with van der Waals surface area (Å²) in [4.78, 5) is 13.2. The van der Waals surface area contributed by atoms with Gasteiger partial charge in [0, 0.05) is 6.42 Å². The highest BCUT2D eigenvalue weighted by Crippen LogP contribution is 2.26. The fraction of sp³-hybridized carbons (Fsp3) is 0.917. The predicted octanol–water partition coefficient (Wildman–Crippen LogP) is 14.8. The van der Waals surface area contributed by atoms with Gasteiger partial charge in [0.25, 0.3) is 0 Å². The SMILES string of the molecule is CCCCCCCCCCCCCC/C=C\CCCCCCCCCCCC(=O)NC(COC1OC(CO)C(O)C(OS(=O)(=O)O)C1O)C(O)/C=C/CCCCCCCCCCCCCCCCCCCCC. The number of hydrogen-bond acceptors (Lipinski definition) is 10. The third kappa shape index (κ3) is 42.3. The number of nitrogens with one attached hydrogen (secondary N) is 1. The van der Waals surface area contributed by atoms with Gasteiger partial charge in [-0.3, -0.25) is 9.35 Å². The number of unbranched alkanes of at least 4 members (excludes halogenated alkanes) is 40. The van der Waals surface area contributed by atoms with Crippen LogP contribution in [0, 0.1) is 0 Å². The molecule has 1 fully saturated rings. The quantitative estimate of drug-likeness (QED) is 0.0193. The Morgan fingerprint density at radius 3 is 1.23 bits per heavy atom. The second-order valence-electron chi connectivity index (χ2n) is 21.6. The molecule has 1 heterocycles. The highest BCUT2D eigenvalue weighted by molar-refractivity contribution is 7.80. The topological polar surface area (TPSA) is 192 Å². The lowest BCUT2D eigenvalue weighted by Crippen LogP contribution is -2.61. The van der Waals surface area contributed by atoms with E-state index in [9.17, 15) is 38.2 Å². The van der Waals surface area contributed by atoms with Gasteiger partial charge >= 0.3 is 10.4 Å². The van der Waals surface area contributed by atoms with Crippen LogP contribution in [0.2, 0.25) is 0 Å². The first-order chi connectivity index (χ1) is 35.5. The molecular formula is C60H115NO11S. The van der Waals surface area contributed by atoms with Crippen molar-refractivity contribution in [2.75, 3.05) is 13.2 Å². The number of aliphatic hydroxyl groups is 4. The van der Waals surface area contributed by atoms with Gasteiger partial charge in [-0.25, -0.2) is 4.18 Å². The average Bonchev–Trinajstić information content (AvgIpc) is 3.37. The van der Waals surface area contributed by atoms with Crippen molar-refractivity contribution in [2.24, 2.45) is 0 Å². The fourth-order valence-electron chi connectivity index (χ4n) is 9.98. The Kier molecular flexibility index (Phi) is 47.8. The smallest absolute Gasteiger partial charge is 0.394 e. The molecule has 0 saturated carbocycles. The number of aliphatic hydroxyl groups excluding tert-OH is 4. The van der Waals surface area contributed by atoms with Gasteiger partial charge < -0.3 is 35.2 Å². The zero-order chi connectivity index (χ0) is 53.3. The molecule has 0 bridgehead atoms. The van der Waals surface area contributed by atoms with E-state index < -0.39 is 59.9 Å². The Hall–Kier alpha value is -1.42. The molecule has 12 nitrogen and oxygen atoms in total. The molecule has 1 amide bonds. The molecule has 0 aliphatic carbocycles. The highest BCUT2D eigenvalue weighted by atomic mass is 32.3. The first-order valence-electron chi connectivity index (χ1n) is 30.7. The summed E-state index contributed by atoms with van der Waals surface area (Å²) >= 11 is 0. The maximum Gasteiger partial charge on any atom is 0.397 e. The summed E-state index contributed by atoms with van der Waals surface area (Å²) in [5.41, 5.74) is 0. The van der Waals surface area contributed by atoms with Gasteiger partial charge in [0.1, 0.15) is 24.4 Å². The van der Waals surface area contributed by atoms with E-state index in [0.717, 1.165) is 38.5 Å². The minimum Gasteiger partial charge on any atom is -0.394 e. The van der Waals surface area contributed by atoms with Crippen LogP contribution in [-0.2, 0) is 28.9 Å². The standard InChI is InChI=1S/C60H115NO11S/c1-3-5-7-9-11-13-15-17-19-21-23-25-26-27-28-30-32-34-36-38-40-42-44-46-48-50-56(64)61-53(52-70-60-58(66)59(72-73(67,68)69)57(65)55(51-62)71-60)54(63)49-47-45-43-41-39-37-35-33-31-29-24-22-20-18-16-14-12-10-8-6-4-2/h27-28,47,49,53-55,57-60,62-63,65-66H,3-26,29-46,48,50-52H2,1-2H3,(H,61,64)(H,67,68,69)/b28-27-,49-47+. The van der Waals surface area contributed by atoms with Gasteiger partial charge in [0.05, 0.1) is 25.4 Å². The Balaban J connectivity index is 2.34. The Morgan fingerprint density at radius 1 is 0.534 bits per heavy atom. The van der Waals surface area contributed by atoms with Crippen LogP contribution in [-0.4, -0.2) is 95.4 Å². The molecule has 7 unspecified atom stereocenters. The molecule has 1 aliphatic heterocycles. The molecule has 1 rings (SSSR count). The number of carbonyl (C=O) groups is 1. The van der Waals surface area contributed by atoms with Crippen molar-refractivity contribution in [3.8, 4) is 0 Å². The van der Waals surface area contributed by atoms with E-state index >= 15 is 0 Å². The summed E-state index contributed by atoms with van der Waals surface area (Å²) in [5, 5.41) is 45.0. The van der Waals surface area contributed by atoms with E-state index in [1.54, 1.807) is 6.08 Å². The van der Waals surface area contributed by atoms with Gasteiger partial charge in [-0.1, -0.05) is 269 Å². The number of rotatable bonds is 54. The van der Waals surface area contributed by atoms with Crippen LogP contribution in [0.1, 0.15) is 296 Å². The zero-order valence-electron chi connectivity index (χ0n) is 47.0. The molecule has 1 saturated heterocycles. The van der Waals surface area contributed by atoms with Gasteiger partial charge in [-0.05, 0) is 44.9 Å². The van der Waals surface area contributed by atoms with Gasteiger partial charge in [0.2, 0.25) is 5.91 Å². The molecule has 0 radical (unpaired) electrons. The van der Waals surface area contributed by atoms with Crippen LogP contribution >= 0.6 is 0 Å². The van der Waals surface area contributed by atoms with Crippen molar-refractivity contribution < 1.29 is 51.8 Å². The lowest BCUT2D eigenvalue weighted by molar-refractivity contribution is -0.298. The van der Waals surface area contributed by atoms with Crippen LogP contribution in [0.4, 0.5) is 0 Å². The largest absolute Gasteiger partial charge is 0.397 e. The van der Waals surface area contributed by atoms with E-state index in [-0.39, 0.29) is 18.9 Å². The number of allylic oxidation sites excluding steroid dienone is 3. The lowest BCUT2D eigenvalue weighted by atomic mass is 9.99. The van der Waals surface area contributed by atoms with Crippen molar-refractivity contribution in [1.82, 2.24) is 5.32 Å². The molecule has 6 N–H and O–H groups in total. The van der Waals surface area contributed by atoms with Crippen LogP contribution in [0.15, 0.2) is 24.3 Å². The summed E-state index contributed by atoms with van der Waals surface area (Å²) in [7, 11) is -5.09. The van der Waals surface area contributed by atoms with Crippen molar-refractivity contribution in [3.05, 3.63) is 24.3 Å². The summed E-state index contributed by atoms with van der Waals surface area (Å²) in [6.45, 7) is 3.44. The van der Waals surface area contributed by atoms with Crippen LogP contribution in [0.25, 0.3) is 0 Å². The van der Waals surface area contributed by atoms with E-state index in [1.807, 2.05) is 6.08 Å². The molecule has 7 atom stereocenters. The van der Waals surface area contributed by atoms with Gasteiger partial charge in [-0.15, -0.1) is 0 Å². The maximum absolute atomic E-state index is 13.2. The van der Waals surface area contributed by atoms with Crippen molar-refractivity contribution in [3.63, 3.8) is 0 Å². The van der Waals surface area contributed by atoms with Crippen LogP contribution in [0.5, 0.6) is 0 Å². The van der Waals surface area contributed by atoms with Gasteiger partial charge in [0.15, 0.2) is 6.29 Å².